The number of rotatable bonds is 4. The quantitative estimate of drug-likeness (QED) is 0.860. The Morgan fingerprint density at radius 2 is 2.22 bits per heavy atom. The van der Waals surface area contributed by atoms with E-state index in [1.807, 2.05) is 12.1 Å². The molecule has 0 bridgehead atoms. The van der Waals surface area contributed by atoms with Crippen molar-refractivity contribution in [2.24, 2.45) is 0 Å². The summed E-state index contributed by atoms with van der Waals surface area (Å²) in [5.74, 6) is -0.449. The molecule has 0 aliphatic carbocycles. The number of carboxylic acids is 1. The monoisotopic (exact) mass is 249 g/mol. The summed E-state index contributed by atoms with van der Waals surface area (Å²) in [6.07, 6.45) is 1.51. The van der Waals surface area contributed by atoms with Gasteiger partial charge in [0.05, 0.1) is 0 Å². The molecule has 1 aliphatic heterocycles. The number of phenols is 1. The van der Waals surface area contributed by atoms with Crippen LogP contribution in [-0.2, 0) is 11.2 Å². The summed E-state index contributed by atoms with van der Waals surface area (Å²) in [5.41, 5.74) is 1.99. The molecule has 0 amide bonds. The second kappa shape index (κ2) is 4.88. The molecule has 0 saturated heterocycles. The highest BCUT2D eigenvalue weighted by atomic mass is 16.4. The van der Waals surface area contributed by atoms with Gasteiger partial charge in [0.1, 0.15) is 5.75 Å². The molecule has 0 aromatic heterocycles. The lowest BCUT2D eigenvalue weighted by molar-refractivity contribution is -0.137. The Morgan fingerprint density at radius 1 is 1.50 bits per heavy atom. The van der Waals surface area contributed by atoms with Crippen LogP contribution in [0.2, 0.25) is 0 Å². The SMILES string of the molecule is CC(C)N1c2cccc(O)c2CC1CCC(=O)O. The number of nitrogens with zero attached hydrogens (tertiary/aromatic N) is 1. The topological polar surface area (TPSA) is 60.8 Å². The zero-order chi connectivity index (χ0) is 13.3. The van der Waals surface area contributed by atoms with E-state index >= 15 is 0 Å². The van der Waals surface area contributed by atoms with E-state index in [0.717, 1.165) is 17.7 Å². The van der Waals surface area contributed by atoms with Gasteiger partial charge in [0, 0.05) is 29.8 Å². The van der Waals surface area contributed by atoms with Crippen LogP contribution in [0.15, 0.2) is 18.2 Å². The van der Waals surface area contributed by atoms with Gasteiger partial charge in [-0.2, -0.15) is 0 Å². The van der Waals surface area contributed by atoms with E-state index in [9.17, 15) is 9.90 Å². The molecule has 18 heavy (non-hydrogen) atoms. The summed E-state index contributed by atoms with van der Waals surface area (Å²) < 4.78 is 0. The highest BCUT2D eigenvalue weighted by molar-refractivity contribution is 5.68. The molecule has 2 N–H and O–H groups in total. The number of benzene rings is 1. The zero-order valence-corrected chi connectivity index (χ0v) is 10.8. The minimum Gasteiger partial charge on any atom is -0.508 e. The van der Waals surface area contributed by atoms with E-state index < -0.39 is 5.97 Å². The van der Waals surface area contributed by atoms with Crippen LogP contribution in [0, 0.1) is 0 Å². The number of aliphatic carboxylic acids is 1. The molecule has 2 rings (SSSR count). The van der Waals surface area contributed by atoms with E-state index in [0.29, 0.717) is 18.2 Å². The molecule has 0 fully saturated rings. The zero-order valence-electron chi connectivity index (χ0n) is 10.8. The van der Waals surface area contributed by atoms with Gasteiger partial charge in [-0.1, -0.05) is 6.07 Å². The number of anilines is 1. The first-order chi connectivity index (χ1) is 8.50. The van der Waals surface area contributed by atoms with Crippen molar-refractivity contribution in [2.75, 3.05) is 4.90 Å². The van der Waals surface area contributed by atoms with Crippen molar-refractivity contribution in [1.29, 1.82) is 0 Å². The third-order valence-electron chi connectivity index (χ3n) is 3.49. The van der Waals surface area contributed by atoms with Crippen molar-refractivity contribution in [1.82, 2.24) is 0 Å². The fourth-order valence-electron chi connectivity index (χ4n) is 2.78. The number of aromatic hydroxyl groups is 1. The highest BCUT2D eigenvalue weighted by Gasteiger charge is 2.32. The maximum absolute atomic E-state index is 10.7. The van der Waals surface area contributed by atoms with Crippen LogP contribution < -0.4 is 4.90 Å². The number of hydrogen-bond donors (Lipinski definition) is 2. The van der Waals surface area contributed by atoms with Crippen molar-refractivity contribution in [2.45, 2.75) is 45.2 Å². The fourth-order valence-corrected chi connectivity index (χ4v) is 2.78. The fraction of sp³-hybridized carbons (Fsp3) is 0.500. The van der Waals surface area contributed by atoms with Gasteiger partial charge in [0.25, 0.3) is 0 Å². The van der Waals surface area contributed by atoms with Crippen LogP contribution >= 0.6 is 0 Å². The predicted molar refractivity (Wildman–Crippen MR) is 70.1 cm³/mol. The molecule has 0 saturated carbocycles. The Bertz CT molecular complexity index is 456. The minimum atomic E-state index is -0.765. The molecule has 0 radical (unpaired) electrons. The maximum atomic E-state index is 10.7. The molecule has 1 aliphatic rings. The third-order valence-corrected chi connectivity index (χ3v) is 3.49. The van der Waals surface area contributed by atoms with E-state index in [1.165, 1.54) is 0 Å². The molecule has 1 aromatic rings. The van der Waals surface area contributed by atoms with Crippen LogP contribution in [0.4, 0.5) is 5.69 Å². The summed E-state index contributed by atoms with van der Waals surface area (Å²) in [7, 11) is 0. The van der Waals surface area contributed by atoms with Crippen LogP contribution in [-0.4, -0.2) is 28.3 Å². The van der Waals surface area contributed by atoms with E-state index in [-0.39, 0.29) is 12.5 Å². The molecule has 0 spiro atoms. The third kappa shape index (κ3) is 2.28. The van der Waals surface area contributed by atoms with Crippen molar-refractivity contribution in [3.8, 4) is 5.75 Å². The summed E-state index contributed by atoms with van der Waals surface area (Å²) in [6, 6.07) is 5.99. The average molecular weight is 249 g/mol. The van der Waals surface area contributed by atoms with Crippen LogP contribution in [0.25, 0.3) is 0 Å². The number of fused-ring (bicyclic) bond motifs is 1. The smallest absolute Gasteiger partial charge is 0.303 e. The van der Waals surface area contributed by atoms with Crippen LogP contribution in [0.1, 0.15) is 32.3 Å². The largest absolute Gasteiger partial charge is 0.508 e. The molecule has 98 valence electrons. The Balaban J connectivity index is 2.25. The van der Waals surface area contributed by atoms with Gasteiger partial charge in [0.2, 0.25) is 0 Å². The van der Waals surface area contributed by atoms with Gasteiger partial charge < -0.3 is 15.1 Å². The van der Waals surface area contributed by atoms with Crippen molar-refractivity contribution >= 4 is 11.7 Å². The second-order valence-electron chi connectivity index (χ2n) is 5.07. The molecule has 1 aromatic carbocycles. The van der Waals surface area contributed by atoms with Gasteiger partial charge in [-0.15, -0.1) is 0 Å². The van der Waals surface area contributed by atoms with Gasteiger partial charge in [0.15, 0.2) is 0 Å². The van der Waals surface area contributed by atoms with Crippen LogP contribution in [0.3, 0.4) is 0 Å². The lowest BCUT2D eigenvalue weighted by atomic mass is 10.0. The Hall–Kier alpha value is -1.71. The van der Waals surface area contributed by atoms with Crippen molar-refractivity contribution in [3.05, 3.63) is 23.8 Å². The summed E-state index contributed by atoms with van der Waals surface area (Å²) in [6.45, 7) is 4.18. The molecular weight excluding hydrogens is 230 g/mol. The standard InChI is InChI=1S/C14H19NO3/c1-9(2)15-10(6-7-14(17)18)8-11-12(15)4-3-5-13(11)16/h3-5,9-10,16H,6-8H2,1-2H3,(H,17,18). The predicted octanol–water partition coefficient (Wildman–Crippen LogP) is 2.40. The number of phenolic OH excluding ortho intramolecular Hbond substituents is 1. The molecule has 4 heteroatoms. The Labute approximate surface area is 107 Å². The Kier molecular flexibility index (Phi) is 3.45. The summed E-state index contributed by atoms with van der Waals surface area (Å²) in [4.78, 5) is 12.9. The minimum absolute atomic E-state index is 0.169. The first-order valence-corrected chi connectivity index (χ1v) is 6.31. The van der Waals surface area contributed by atoms with Gasteiger partial charge in [-0.25, -0.2) is 0 Å². The number of carbonyl (C=O) groups is 1. The maximum Gasteiger partial charge on any atom is 0.303 e. The molecule has 4 nitrogen and oxygen atoms in total. The highest BCUT2D eigenvalue weighted by Crippen LogP contribution is 2.40. The van der Waals surface area contributed by atoms with E-state index in [4.69, 9.17) is 5.11 Å². The number of hydrogen-bond acceptors (Lipinski definition) is 3. The van der Waals surface area contributed by atoms with E-state index in [2.05, 4.69) is 18.7 Å². The van der Waals surface area contributed by atoms with Gasteiger partial charge in [-0.3, -0.25) is 4.79 Å². The van der Waals surface area contributed by atoms with Gasteiger partial charge >= 0.3 is 5.97 Å². The van der Waals surface area contributed by atoms with E-state index in [1.54, 1.807) is 6.07 Å². The second-order valence-corrected chi connectivity index (χ2v) is 5.07. The average Bonchev–Trinajstić information content (AvgIpc) is 2.66. The lowest BCUT2D eigenvalue weighted by Gasteiger charge is -2.31. The summed E-state index contributed by atoms with van der Waals surface area (Å²) in [5, 5.41) is 18.7. The number of carboxylic acid groups (broad SMARTS) is 1. The molecule has 1 atom stereocenters. The normalized spacial score (nSPS) is 18.2. The Morgan fingerprint density at radius 3 is 2.83 bits per heavy atom. The molecule has 1 heterocycles. The molecule has 1 unspecified atom stereocenters. The molecular formula is C14H19NO3. The van der Waals surface area contributed by atoms with Gasteiger partial charge in [-0.05, 0) is 38.8 Å². The summed E-state index contributed by atoms with van der Waals surface area (Å²) >= 11 is 0. The first-order valence-electron chi connectivity index (χ1n) is 6.31. The first kappa shape index (κ1) is 12.7. The van der Waals surface area contributed by atoms with Crippen molar-refractivity contribution in [3.63, 3.8) is 0 Å². The van der Waals surface area contributed by atoms with Crippen LogP contribution in [0.5, 0.6) is 5.75 Å². The lowest BCUT2D eigenvalue weighted by Crippen LogP contribution is -2.38. The van der Waals surface area contributed by atoms with Crippen molar-refractivity contribution < 1.29 is 15.0 Å².